The third kappa shape index (κ3) is 6.44. The Morgan fingerprint density at radius 2 is 1.29 bits per heavy atom. The van der Waals surface area contributed by atoms with Gasteiger partial charge in [0.25, 0.3) is 0 Å². The van der Waals surface area contributed by atoms with Gasteiger partial charge in [0.15, 0.2) is 32.1 Å². The van der Waals surface area contributed by atoms with Gasteiger partial charge >= 0.3 is 0 Å². The third-order valence-electron chi connectivity index (χ3n) is 3.36. The first-order valence-electron chi connectivity index (χ1n) is 7.16. The van der Waals surface area contributed by atoms with Crippen LogP contribution in [0.3, 0.4) is 0 Å². The number of hydrogen-bond acceptors (Lipinski definition) is 0. The summed E-state index contributed by atoms with van der Waals surface area (Å²) in [5.41, 5.74) is 2.77. The molecule has 2 rings (SSSR count). The normalized spacial score (nSPS) is 9.81. The SMILES string of the molecule is [CH2-][B]C[n+]1ccc(CCc2cc[n+](C[B]C)cc2)cc1.[Y]. The molecule has 0 aliphatic carbocycles. The molecule has 0 aliphatic rings. The number of pyridine rings is 2. The Morgan fingerprint density at radius 1 is 0.857 bits per heavy atom. The number of aromatic nitrogens is 2. The molecule has 0 saturated carbocycles. The molecule has 0 aromatic carbocycles. The minimum atomic E-state index is 0. The molecule has 0 aliphatic heterocycles. The second-order valence-electron chi connectivity index (χ2n) is 5.00. The molecule has 0 atom stereocenters. The Bertz CT molecular complexity index is 465. The average Bonchev–Trinajstić information content (AvgIpc) is 2.49. The fourth-order valence-corrected chi connectivity index (χ4v) is 2.20. The first-order chi connectivity index (χ1) is 9.81. The summed E-state index contributed by atoms with van der Waals surface area (Å²) in [6.45, 7) is 5.83. The van der Waals surface area contributed by atoms with Crippen LogP contribution in [0.4, 0.5) is 0 Å². The van der Waals surface area contributed by atoms with E-state index >= 15 is 0 Å². The van der Waals surface area contributed by atoms with Crippen molar-refractivity contribution in [1.82, 2.24) is 0 Å². The van der Waals surface area contributed by atoms with E-state index in [1.807, 2.05) is 7.28 Å². The van der Waals surface area contributed by atoms with Crippen molar-refractivity contribution in [3.05, 3.63) is 67.0 Å². The summed E-state index contributed by atoms with van der Waals surface area (Å²) in [7, 11) is 4.06. The Hall–Kier alpha value is -0.466. The molecule has 2 nitrogen and oxygen atoms in total. The molecular weight excluding hydrogens is 331 g/mol. The van der Waals surface area contributed by atoms with Gasteiger partial charge in [0, 0.05) is 57.0 Å². The van der Waals surface area contributed by atoms with Crippen LogP contribution < -0.4 is 9.13 Å². The van der Waals surface area contributed by atoms with Crippen molar-refractivity contribution in [2.45, 2.75) is 32.6 Å². The molecule has 0 fully saturated rings. The number of hydrogen-bond donors (Lipinski definition) is 0. The van der Waals surface area contributed by atoms with E-state index in [4.69, 9.17) is 0 Å². The van der Waals surface area contributed by atoms with Crippen LogP contribution in [0, 0.1) is 6.82 Å². The van der Waals surface area contributed by atoms with Gasteiger partial charge in [0.05, 0.1) is 6.44 Å². The zero-order valence-electron chi connectivity index (χ0n) is 12.8. The van der Waals surface area contributed by atoms with Gasteiger partial charge < -0.3 is 6.82 Å². The largest absolute Gasteiger partial charge is 0.367 e. The topological polar surface area (TPSA) is 7.76 Å². The predicted molar refractivity (Wildman–Crippen MR) is 83.4 cm³/mol. The number of rotatable bonds is 7. The second-order valence-corrected chi connectivity index (χ2v) is 5.00. The Balaban J connectivity index is 0.00000220. The molecule has 21 heavy (non-hydrogen) atoms. The van der Waals surface area contributed by atoms with E-state index in [1.54, 1.807) is 0 Å². The molecule has 103 valence electrons. The van der Waals surface area contributed by atoms with Crippen LogP contribution in [0.5, 0.6) is 0 Å². The molecule has 0 spiro atoms. The minimum Gasteiger partial charge on any atom is -0.367 e. The number of aryl methyl sites for hydroxylation is 2. The third-order valence-corrected chi connectivity index (χ3v) is 3.36. The van der Waals surface area contributed by atoms with Gasteiger partial charge in [-0.1, -0.05) is 6.82 Å². The Kier molecular flexibility index (Phi) is 9.11. The molecule has 3 radical (unpaired) electrons. The van der Waals surface area contributed by atoms with Crippen molar-refractivity contribution in [2.24, 2.45) is 0 Å². The van der Waals surface area contributed by atoms with E-state index in [2.05, 4.69) is 79.1 Å². The molecule has 0 bridgehead atoms. The van der Waals surface area contributed by atoms with Crippen molar-refractivity contribution >= 4 is 14.6 Å². The number of nitrogens with zero attached hydrogens (tertiary/aromatic N) is 2. The molecular formula is C16H21B2N2Y+. The molecule has 5 heteroatoms. The second kappa shape index (κ2) is 10.3. The maximum atomic E-state index is 3.75. The fourth-order valence-electron chi connectivity index (χ4n) is 2.20. The molecule has 0 amide bonds. The maximum Gasteiger partial charge on any atom is 0.197 e. The molecule has 0 saturated heterocycles. The van der Waals surface area contributed by atoms with Crippen molar-refractivity contribution < 1.29 is 41.8 Å². The van der Waals surface area contributed by atoms with Gasteiger partial charge in [0.2, 0.25) is 0 Å². The molecule has 0 unspecified atom stereocenters. The quantitative estimate of drug-likeness (QED) is 0.402. The first kappa shape index (κ1) is 18.6. The smallest absolute Gasteiger partial charge is 0.197 e. The van der Waals surface area contributed by atoms with Gasteiger partial charge in [-0.3, -0.25) is 0 Å². The first-order valence-corrected chi connectivity index (χ1v) is 7.16. The minimum absolute atomic E-state index is 0. The van der Waals surface area contributed by atoms with Crippen LogP contribution in [-0.4, -0.2) is 14.6 Å². The van der Waals surface area contributed by atoms with Gasteiger partial charge in [-0.25, -0.2) is 9.13 Å². The Morgan fingerprint density at radius 3 is 1.67 bits per heavy atom. The van der Waals surface area contributed by atoms with Crippen molar-refractivity contribution in [2.75, 3.05) is 0 Å². The van der Waals surface area contributed by atoms with Crippen LogP contribution in [0.2, 0.25) is 6.82 Å². The Labute approximate surface area is 155 Å². The van der Waals surface area contributed by atoms with Crippen molar-refractivity contribution in [3.8, 4) is 0 Å². The van der Waals surface area contributed by atoms with E-state index in [-0.39, 0.29) is 32.7 Å². The van der Waals surface area contributed by atoms with Crippen molar-refractivity contribution in [3.63, 3.8) is 0 Å². The molecule has 2 aromatic rings. The summed E-state index contributed by atoms with van der Waals surface area (Å²) in [4.78, 5) is 0. The van der Waals surface area contributed by atoms with Crippen LogP contribution in [0.15, 0.2) is 49.1 Å². The predicted octanol–water partition coefficient (Wildman–Crippen LogP) is 1.21. The molecule has 0 N–H and O–H groups in total. The van der Waals surface area contributed by atoms with E-state index < -0.39 is 0 Å². The summed E-state index contributed by atoms with van der Waals surface area (Å²) >= 11 is 0. The van der Waals surface area contributed by atoms with E-state index in [0.29, 0.717) is 0 Å². The summed E-state index contributed by atoms with van der Waals surface area (Å²) in [6.07, 6.45) is 12.5. The van der Waals surface area contributed by atoms with Gasteiger partial charge in [-0.2, -0.15) is 0 Å². The fraction of sp³-hybridized carbons (Fsp3) is 0.312. The molecule has 2 heterocycles. The summed E-state index contributed by atoms with van der Waals surface area (Å²) in [5.74, 6) is 0. The van der Waals surface area contributed by atoms with Crippen LogP contribution in [0.25, 0.3) is 0 Å². The average molecular weight is 352 g/mol. The zero-order chi connectivity index (χ0) is 14.2. The van der Waals surface area contributed by atoms with Gasteiger partial charge in [-0.05, 0) is 31.2 Å². The van der Waals surface area contributed by atoms with E-state index in [1.165, 1.54) is 11.1 Å². The summed E-state index contributed by atoms with van der Waals surface area (Å²) in [6, 6.07) is 8.81. The van der Waals surface area contributed by atoms with E-state index in [9.17, 15) is 0 Å². The van der Waals surface area contributed by atoms with Crippen LogP contribution in [-0.2, 0) is 58.4 Å². The summed E-state index contributed by atoms with van der Waals surface area (Å²) < 4.78 is 4.31. The van der Waals surface area contributed by atoms with Gasteiger partial charge in [-0.15, -0.1) is 0 Å². The van der Waals surface area contributed by atoms with E-state index in [0.717, 1.165) is 25.7 Å². The monoisotopic (exact) mass is 352 g/mol. The van der Waals surface area contributed by atoms with Gasteiger partial charge in [0.1, 0.15) is 6.44 Å². The zero-order valence-corrected chi connectivity index (χ0v) is 15.6. The summed E-state index contributed by atoms with van der Waals surface area (Å²) in [5, 5.41) is 0. The standard InChI is InChI=1S/C16H21B2N2.Y/c1-17-13-19-9-5-15(6-10-19)3-4-16-7-11-20(12-8-16)14-18-2;/h5-12H,1,3-4,13-14H2,2H3;/q+1;. The molecule has 2 aromatic heterocycles. The van der Waals surface area contributed by atoms with Crippen LogP contribution in [0.1, 0.15) is 11.1 Å². The maximum absolute atomic E-state index is 3.75. The van der Waals surface area contributed by atoms with Crippen molar-refractivity contribution in [1.29, 1.82) is 0 Å². The van der Waals surface area contributed by atoms with Crippen LogP contribution >= 0.6 is 0 Å².